The molecule has 0 aliphatic carbocycles. The van der Waals surface area contributed by atoms with E-state index in [1.165, 1.54) is 12.1 Å². The molecule has 2 rings (SSSR count). The fourth-order valence-corrected chi connectivity index (χ4v) is 1.74. The monoisotopic (exact) mass is 255 g/mol. The Bertz CT molecular complexity index is 515. The SMILES string of the molecule is COCCn1cnnc1-c1ccc(F)cc1Cl. The van der Waals surface area contributed by atoms with Gasteiger partial charge in [0.2, 0.25) is 0 Å². The van der Waals surface area contributed by atoms with Crippen LogP contribution in [0.2, 0.25) is 5.02 Å². The second kappa shape index (κ2) is 5.25. The molecule has 2 aromatic rings. The Hall–Kier alpha value is -1.46. The Morgan fingerprint density at radius 3 is 3.00 bits per heavy atom. The molecule has 0 aliphatic heterocycles. The van der Waals surface area contributed by atoms with E-state index in [4.69, 9.17) is 16.3 Å². The zero-order valence-corrected chi connectivity index (χ0v) is 9.99. The summed E-state index contributed by atoms with van der Waals surface area (Å²) in [6, 6.07) is 4.19. The van der Waals surface area contributed by atoms with E-state index in [9.17, 15) is 4.39 Å². The van der Waals surface area contributed by atoms with Crippen molar-refractivity contribution in [3.8, 4) is 11.4 Å². The zero-order chi connectivity index (χ0) is 12.3. The van der Waals surface area contributed by atoms with Crippen LogP contribution in [0.3, 0.4) is 0 Å². The molecule has 90 valence electrons. The Kier molecular flexibility index (Phi) is 3.71. The average molecular weight is 256 g/mol. The summed E-state index contributed by atoms with van der Waals surface area (Å²) >= 11 is 5.97. The highest BCUT2D eigenvalue weighted by Gasteiger charge is 2.11. The molecule has 0 saturated heterocycles. The van der Waals surface area contributed by atoms with Gasteiger partial charge in [-0.2, -0.15) is 0 Å². The number of ether oxygens (including phenoxy) is 1. The minimum Gasteiger partial charge on any atom is -0.383 e. The third kappa shape index (κ3) is 2.62. The van der Waals surface area contributed by atoms with Crippen molar-refractivity contribution in [2.75, 3.05) is 13.7 Å². The van der Waals surface area contributed by atoms with E-state index in [0.29, 0.717) is 29.6 Å². The van der Waals surface area contributed by atoms with Gasteiger partial charge in [0.25, 0.3) is 0 Å². The van der Waals surface area contributed by atoms with Crippen LogP contribution in [-0.4, -0.2) is 28.5 Å². The normalized spacial score (nSPS) is 10.8. The number of halogens is 2. The Morgan fingerprint density at radius 2 is 2.29 bits per heavy atom. The maximum Gasteiger partial charge on any atom is 0.165 e. The van der Waals surface area contributed by atoms with Crippen molar-refractivity contribution < 1.29 is 9.13 Å². The average Bonchev–Trinajstić information content (AvgIpc) is 2.74. The standard InChI is InChI=1S/C11H11ClFN3O/c1-17-5-4-16-7-14-15-11(16)9-3-2-8(13)6-10(9)12/h2-3,6-7H,4-5H2,1H3. The molecule has 17 heavy (non-hydrogen) atoms. The molecule has 0 aliphatic rings. The summed E-state index contributed by atoms with van der Waals surface area (Å²) in [5.74, 6) is 0.230. The Morgan fingerprint density at radius 1 is 1.47 bits per heavy atom. The summed E-state index contributed by atoms with van der Waals surface area (Å²) in [5, 5.41) is 8.12. The first kappa shape index (κ1) is 12.0. The smallest absolute Gasteiger partial charge is 0.165 e. The second-order valence-electron chi connectivity index (χ2n) is 3.46. The summed E-state index contributed by atoms with van der Waals surface area (Å²) in [4.78, 5) is 0. The molecule has 0 unspecified atom stereocenters. The Balaban J connectivity index is 2.35. The number of aromatic nitrogens is 3. The predicted molar refractivity (Wildman–Crippen MR) is 62.3 cm³/mol. The fraction of sp³-hybridized carbons (Fsp3) is 0.273. The van der Waals surface area contributed by atoms with Crippen LogP contribution in [-0.2, 0) is 11.3 Å². The number of nitrogens with zero attached hydrogens (tertiary/aromatic N) is 3. The van der Waals surface area contributed by atoms with Gasteiger partial charge < -0.3 is 9.30 Å². The van der Waals surface area contributed by atoms with E-state index in [1.807, 2.05) is 4.57 Å². The molecule has 1 aromatic carbocycles. The van der Waals surface area contributed by atoms with Crippen LogP contribution in [0.5, 0.6) is 0 Å². The topological polar surface area (TPSA) is 39.9 Å². The van der Waals surface area contributed by atoms with Crippen molar-refractivity contribution in [1.82, 2.24) is 14.8 Å². The Labute approximate surface area is 103 Å². The number of benzene rings is 1. The number of methoxy groups -OCH3 is 1. The lowest BCUT2D eigenvalue weighted by molar-refractivity contribution is 0.187. The number of hydrogen-bond acceptors (Lipinski definition) is 3. The van der Waals surface area contributed by atoms with Gasteiger partial charge in [-0.05, 0) is 18.2 Å². The molecule has 0 N–H and O–H groups in total. The summed E-state index contributed by atoms with van der Waals surface area (Å²) in [7, 11) is 1.62. The van der Waals surface area contributed by atoms with Gasteiger partial charge in [0.1, 0.15) is 12.1 Å². The van der Waals surface area contributed by atoms with Gasteiger partial charge in [0.05, 0.1) is 11.6 Å². The molecule has 0 amide bonds. The third-order valence-corrected chi connectivity index (χ3v) is 2.64. The molecule has 1 aromatic heterocycles. The molecular formula is C11H11ClFN3O. The molecule has 0 saturated carbocycles. The van der Waals surface area contributed by atoms with Crippen molar-refractivity contribution >= 4 is 11.6 Å². The van der Waals surface area contributed by atoms with Crippen molar-refractivity contribution in [2.45, 2.75) is 6.54 Å². The lowest BCUT2D eigenvalue weighted by Crippen LogP contribution is -2.05. The highest BCUT2D eigenvalue weighted by Crippen LogP contribution is 2.26. The second-order valence-corrected chi connectivity index (χ2v) is 3.87. The molecule has 0 atom stereocenters. The summed E-state index contributed by atoms with van der Waals surface area (Å²) in [5.41, 5.74) is 0.654. The maximum absolute atomic E-state index is 12.9. The lowest BCUT2D eigenvalue weighted by atomic mass is 10.2. The van der Waals surface area contributed by atoms with Gasteiger partial charge in [-0.3, -0.25) is 0 Å². The van der Waals surface area contributed by atoms with Crippen LogP contribution in [0, 0.1) is 5.82 Å². The van der Waals surface area contributed by atoms with Crippen molar-refractivity contribution in [3.63, 3.8) is 0 Å². The highest BCUT2D eigenvalue weighted by atomic mass is 35.5. The van der Waals surface area contributed by atoms with Gasteiger partial charge in [-0.1, -0.05) is 11.6 Å². The molecular weight excluding hydrogens is 245 g/mol. The maximum atomic E-state index is 12.9. The third-order valence-electron chi connectivity index (χ3n) is 2.32. The predicted octanol–water partition coefficient (Wildman–Crippen LogP) is 2.38. The minimum absolute atomic E-state index is 0.316. The number of hydrogen-bond donors (Lipinski definition) is 0. The van der Waals surface area contributed by atoms with Crippen molar-refractivity contribution in [2.24, 2.45) is 0 Å². The van der Waals surface area contributed by atoms with E-state index in [1.54, 1.807) is 19.5 Å². The van der Waals surface area contributed by atoms with E-state index < -0.39 is 0 Å². The molecule has 0 spiro atoms. The highest BCUT2D eigenvalue weighted by molar-refractivity contribution is 6.33. The van der Waals surface area contributed by atoms with Gasteiger partial charge in [0.15, 0.2) is 5.82 Å². The summed E-state index contributed by atoms with van der Waals surface area (Å²) in [6.07, 6.45) is 1.59. The van der Waals surface area contributed by atoms with Crippen LogP contribution in [0.1, 0.15) is 0 Å². The van der Waals surface area contributed by atoms with E-state index in [-0.39, 0.29) is 5.82 Å². The first-order valence-electron chi connectivity index (χ1n) is 5.04. The lowest BCUT2D eigenvalue weighted by Gasteiger charge is -2.07. The van der Waals surface area contributed by atoms with Crippen LogP contribution < -0.4 is 0 Å². The first-order chi connectivity index (χ1) is 8.22. The van der Waals surface area contributed by atoms with Crippen LogP contribution in [0.15, 0.2) is 24.5 Å². The van der Waals surface area contributed by atoms with Crippen LogP contribution >= 0.6 is 11.6 Å². The van der Waals surface area contributed by atoms with Gasteiger partial charge >= 0.3 is 0 Å². The van der Waals surface area contributed by atoms with Crippen molar-refractivity contribution in [3.05, 3.63) is 35.4 Å². The molecule has 6 heteroatoms. The van der Waals surface area contributed by atoms with Gasteiger partial charge in [-0.15, -0.1) is 10.2 Å². The zero-order valence-electron chi connectivity index (χ0n) is 9.23. The fourth-order valence-electron chi connectivity index (χ4n) is 1.49. The summed E-state index contributed by atoms with van der Waals surface area (Å²) < 4.78 is 19.7. The molecule has 1 heterocycles. The van der Waals surface area contributed by atoms with E-state index in [0.717, 1.165) is 0 Å². The van der Waals surface area contributed by atoms with Crippen LogP contribution in [0.25, 0.3) is 11.4 Å². The van der Waals surface area contributed by atoms with Gasteiger partial charge in [-0.25, -0.2) is 4.39 Å². The first-order valence-corrected chi connectivity index (χ1v) is 5.42. The van der Waals surface area contributed by atoms with E-state index in [2.05, 4.69) is 10.2 Å². The molecule has 0 radical (unpaired) electrons. The minimum atomic E-state index is -0.373. The number of rotatable bonds is 4. The molecule has 0 fully saturated rings. The molecule has 4 nitrogen and oxygen atoms in total. The van der Waals surface area contributed by atoms with Crippen LogP contribution in [0.4, 0.5) is 4.39 Å². The molecule has 0 bridgehead atoms. The van der Waals surface area contributed by atoms with E-state index >= 15 is 0 Å². The van der Waals surface area contributed by atoms with Gasteiger partial charge in [0, 0.05) is 19.2 Å². The summed E-state index contributed by atoms with van der Waals surface area (Å²) in [6.45, 7) is 1.16. The largest absolute Gasteiger partial charge is 0.383 e. The quantitative estimate of drug-likeness (QED) is 0.842. The van der Waals surface area contributed by atoms with Crippen molar-refractivity contribution in [1.29, 1.82) is 0 Å².